The van der Waals surface area contributed by atoms with Crippen molar-refractivity contribution >= 4 is 11.5 Å². The molecule has 0 aromatic carbocycles. The average Bonchev–Trinajstić information content (AvgIpc) is 2.69. The molecular formula is C9H14N2OS. The SMILES string of the molecule is c1nscc1OCC1CCCCN1. The van der Waals surface area contributed by atoms with Crippen LogP contribution < -0.4 is 10.1 Å². The van der Waals surface area contributed by atoms with Crippen molar-refractivity contribution in [3.8, 4) is 5.75 Å². The number of piperidine rings is 1. The van der Waals surface area contributed by atoms with E-state index in [1.165, 1.54) is 30.8 Å². The topological polar surface area (TPSA) is 34.1 Å². The van der Waals surface area contributed by atoms with E-state index in [1.54, 1.807) is 6.20 Å². The maximum Gasteiger partial charge on any atom is 0.150 e. The van der Waals surface area contributed by atoms with Crippen LogP contribution in [0.2, 0.25) is 0 Å². The maximum atomic E-state index is 5.57. The van der Waals surface area contributed by atoms with Crippen LogP contribution in [0, 0.1) is 0 Å². The predicted octanol–water partition coefficient (Wildman–Crippen LogP) is 1.66. The lowest BCUT2D eigenvalue weighted by Crippen LogP contribution is -2.38. The van der Waals surface area contributed by atoms with E-state index < -0.39 is 0 Å². The van der Waals surface area contributed by atoms with Gasteiger partial charge in [0.25, 0.3) is 0 Å². The third-order valence-corrected chi connectivity index (χ3v) is 2.84. The number of rotatable bonds is 3. The summed E-state index contributed by atoms with van der Waals surface area (Å²) >= 11 is 1.43. The lowest BCUT2D eigenvalue weighted by Gasteiger charge is -2.22. The highest BCUT2D eigenvalue weighted by molar-refractivity contribution is 7.03. The van der Waals surface area contributed by atoms with E-state index in [0.717, 1.165) is 18.9 Å². The van der Waals surface area contributed by atoms with Gasteiger partial charge in [0, 0.05) is 6.04 Å². The minimum Gasteiger partial charge on any atom is -0.489 e. The molecule has 1 unspecified atom stereocenters. The fourth-order valence-corrected chi connectivity index (χ4v) is 1.99. The molecule has 1 fully saturated rings. The van der Waals surface area contributed by atoms with Crippen molar-refractivity contribution < 1.29 is 4.74 Å². The molecule has 72 valence electrons. The second kappa shape index (κ2) is 4.58. The Morgan fingerprint density at radius 3 is 3.31 bits per heavy atom. The van der Waals surface area contributed by atoms with Crippen molar-refractivity contribution in [3.63, 3.8) is 0 Å². The largest absolute Gasteiger partial charge is 0.489 e. The van der Waals surface area contributed by atoms with Crippen LogP contribution >= 0.6 is 11.5 Å². The first kappa shape index (κ1) is 8.97. The third-order valence-electron chi connectivity index (χ3n) is 2.27. The van der Waals surface area contributed by atoms with E-state index in [0.29, 0.717) is 6.04 Å². The van der Waals surface area contributed by atoms with Crippen LogP contribution in [0.25, 0.3) is 0 Å². The van der Waals surface area contributed by atoms with Gasteiger partial charge in [-0.25, -0.2) is 0 Å². The molecule has 0 amide bonds. The molecule has 0 saturated carbocycles. The van der Waals surface area contributed by atoms with E-state index in [4.69, 9.17) is 4.74 Å². The van der Waals surface area contributed by atoms with Gasteiger partial charge in [0.05, 0.1) is 11.6 Å². The van der Waals surface area contributed by atoms with Gasteiger partial charge in [-0.2, -0.15) is 4.37 Å². The number of aromatic nitrogens is 1. The van der Waals surface area contributed by atoms with Crippen LogP contribution in [0.3, 0.4) is 0 Å². The summed E-state index contributed by atoms with van der Waals surface area (Å²) < 4.78 is 9.55. The summed E-state index contributed by atoms with van der Waals surface area (Å²) in [5.74, 6) is 0.900. The van der Waals surface area contributed by atoms with Crippen LogP contribution in [0.15, 0.2) is 11.6 Å². The first-order valence-electron chi connectivity index (χ1n) is 4.71. The smallest absolute Gasteiger partial charge is 0.150 e. The van der Waals surface area contributed by atoms with Gasteiger partial charge >= 0.3 is 0 Å². The monoisotopic (exact) mass is 198 g/mol. The van der Waals surface area contributed by atoms with Crippen molar-refractivity contribution in [1.82, 2.24) is 9.69 Å². The second-order valence-electron chi connectivity index (χ2n) is 3.32. The molecule has 1 aliphatic rings. The normalized spacial score (nSPS) is 22.9. The minimum atomic E-state index is 0.536. The zero-order valence-electron chi connectivity index (χ0n) is 7.53. The van der Waals surface area contributed by atoms with Crippen LogP contribution in [-0.4, -0.2) is 23.6 Å². The Hall–Kier alpha value is -0.610. The predicted molar refractivity (Wildman–Crippen MR) is 53.3 cm³/mol. The molecule has 3 nitrogen and oxygen atoms in total. The van der Waals surface area contributed by atoms with Crippen LogP contribution in [-0.2, 0) is 0 Å². The summed E-state index contributed by atoms with van der Waals surface area (Å²) in [7, 11) is 0. The Kier molecular flexibility index (Phi) is 3.16. The quantitative estimate of drug-likeness (QED) is 0.802. The Morgan fingerprint density at radius 1 is 1.62 bits per heavy atom. The van der Waals surface area contributed by atoms with Crippen molar-refractivity contribution in [2.45, 2.75) is 25.3 Å². The first-order valence-corrected chi connectivity index (χ1v) is 5.54. The number of hydrogen-bond donors (Lipinski definition) is 1. The molecule has 1 aromatic heterocycles. The molecule has 1 saturated heterocycles. The summed E-state index contributed by atoms with van der Waals surface area (Å²) in [4.78, 5) is 0. The molecule has 0 spiro atoms. The van der Waals surface area contributed by atoms with Crippen LogP contribution in [0.1, 0.15) is 19.3 Å². The van der Waals surface area contributed by atoms with Gasteiger partial charge in [-0.15, -0.1) is 0 Å². The third kappa shape index (κ3) is 2.67. The molecule has 1 atom stereocenters. The van der Waals surface area contributed by atoms with E-state index in [-0.39, 0.29) is 0 Å². The van der Waals surface area contributed by atoms with Crippen LogP contribution in [0.4, 0.5) is 0 Å². The fourth-order valence-electron chi connectivity index (χ4n) is 1.53. The zero-order valence-corrected chi connectivity index (χ0v) is 8.35. The van der Waals surface area contributed by atoms with Crippen molar-refractivity contribution in [2.24, 2.45) is 0 Å². The summed E-state index contributed by atoms with van der Waals surface area (Å²) in [5.41, 5.74) is 0. The number of nitrogens with zero attached hydrogens (tertiary/aromatic N) is 1. The van der Waals surface area contributed by atoms with Gasteiger partial charge in [0.2, 0.25) is 0 Å². The fraction of sp³-hybridized carbons (Fsp3) is 0.667. The van der Waals surface area contributed by atoms with Crippen molar-refractivity contribution in [2.75, 3.05) is 13.2 Å². The lowest BCUT2D eigenvalue weighted by molar-refractivity contribution is 0.239. The summed E-state index contributed by atoms with van der Waals surface area (Å²) in [6.45, 7) is 1.91. The summed E-state index contributed by atoms with van der Waals surface area (Å²) in [6.07, 6.45) is 5.63. The molecular weight excluding hydrogens is 184 g/mol. The van der Waals surface area contributed by atoms with Gasteiger partial charge in [0.15, 0.2) is 0 Å². The van der Waals surface area contributed by atoms with E-state index in [1.807, 2.05) is 5.38 Å². The molecule has 0 radical (unpaired) electrons. The zero-order chi connectivity index (χ0) is 8.93. The first-order chi connectivity index (χ1) is 6.45. The van der Waals surface area contributed by atoms with E-state index >= 15 is 0 Å². The molecule has 0 aliphatic carbocycles. The minimum absolute atomic E-state index is 0.536. The highest BCUT2D eigenvalue weighted by Gasteiger charge is 2.12. The Bertz CT molecular complexity index is 232. The molecule has 1 N–H and O–H groups in total. The number of hydrogen-bond acceptors (Lipinski definition) is 4. The maximum absolute atomic E-state index is 5.57. The second-order valence-corrected chi connectivity index (χ2v) is 3.98. The summed E-state index contributed by atoms with van der Waals surface area (Å²) in [5, 5.41) is 5.37. The molecule has 13 heavy (non-hydrogen) atoms. The number of nitrogens with one attached hydrogen (secondary N) is 1. The van der Waals surface area contributed by atoms with Gasteiger partial charge in [-0.05, 0) is 30.9 Å². The lowest BCUT2D eigenvalue weighted by atomic mass is 10.1. The molecule has 1 aliphatic heterocycles. The Balaban J connectivity index is 1.72. The van der Waals surface area contributed by atoms with Crippen molar-refractivity contribution in [1.29, 1.82) is 0 Å². The van der Waals surface area contributed by atoms with Gasteiger partial charge in [-0.3, -0.25) is 0 Å². The van der Waals surface area contributed by atoms with Crippen LogP contribution in [0.5, 0.6) is 5.75 Å². The highest BCUT2D eigenvalue weighted by atomic mass is 32.1. The van der Waals surface area contributed by atoms with Crippen molar-refractivity contribution in [3.05, 3.63) is 11.6 Å². The molecule has 2 rings (SSSR count). The molecule has 1 aromatic rings. The summed E-state index contributed by atoms with van der Waals surface area (Å²) in [6, 6.07) is 0.536. The standard InChI is InChI=1S/C9H14N2OS/c1-2-4-10-8(3-1)6-12-9-5-11-13-7-9/h5,7-8,10H,1-4,6H2. The van der Waals surface area contributed by atoms with Gasteiger partial charge < -0.3 is 10.1 Å². The molecule has 2 heterocycles. The highest BCUT2D eigenvalue weighted by Crippen LogP contribution is 2.13. The molecule has 4 heteroatoms. The van der Waals surface area contributed by atoms with E-state index in [9.17, 15) is 0 Å². The van der Waals surface area contributed by atoms with Gasteiger partial charge in [-0.1, -0.05) is 6.42 Å². The number of ether oxygens (including phenoxy) is 1. The Labute approximate surface area is 82.3 Å². The molecule has 0 bridgehead atoms. The van der Waals surface area contributed by atoms with Gasteiger partial charge in [0.1, 0.15) is 12.4 Å². The Morgan fingerprint density at radius 2 is 2.62 bits per heavy atom. The van der Waals surface area contributed by atoms with E-state index in [2.05, 4.69) is 9.69 Å². The average molecular weight is 198 g/mol.